The summed E-state index contributed by atoms with van der Waals surface area (Å²) in [7, 11) is 2.01. The smallest absolute Gasteiger partial charge is 0.0764 e. The van der Waals surface area contributed by atoms with Crippen LogP contribution in [0.15, 0.2) is 12.3 Å². The average molecular weight is 276 g/mol. The summed E-state index contributed by atoms with van der Waals surface area (Å²) < 4.78 is 1.92. The second-order valence-corrected chi connectivity index (χ2v) is 6.63. The van der Waals surface area contributed by atoms with Crippen molar-refractivity contribution in [3.63, 3.8) is 0 Å². The molecule has 1 saturated carbocycles. The largest absolute Gasteiger partial charge is 0.311 e. The molecule has 1 saturated heterocycles. The lowest BCUT2D eigenvalue weighted by Crippen LogP contribution is -2.64. The van der Waals surface area contributed by atoms with Gasteiger partial charge in [0.25, 0.3) is 0 Å². The van der Waals surface area contributed by atoms with Crippen molar-refractivity contribution < 1.29 is 0 Å². The minimum atomic E-state index is 0.390. The van der Waals surface area contributed by atoms with E-state index >= 15 is 0 Å². The van der Waals surface area contributed by atoms with Gasteiger partial charge in [-0.2, -0.15) is 5.10 Å². The first-order valence-electron chi connectivity index (χ1n) is 8.19. The predicted octanol–water partition coefficient (Wildman–Crippen LogP) is 2.31. The third kappa shape index (κ3) is 2.77. The summed E-state index contributed by atoms with van der Waals surface area (Å²) >= 11 is 0. The first-order valence-corrected chi connectivity index (χ1v) is 8.19. The molecule has 0 amide bonds. The maximum atomic E-state index is 4.59. The Labute approximate surface area is 122 Å². The predicted molar refractivity (Wildman–Crippen MR) is 81.5 cm³/mol. The van der Waals surface area contributed by atoms with Crippen LogP contribution in [0.2, 0.25) is 0 Å². The van der Waals surface area contributed by atoms with Crippen LogP contribution in [0.25, 0.3) is 0 Å². The van der Waals surface area contributed by atoms with Gasteiger partial charge in [-0.15, -0.1) is 0 Å². The van der Waals surface area contributed by atoms with Gasteiger partial charge in [-0.25, -0.2) is 0 Å². The Hall–Kier alpha value is -0.870. The van der Waals surface area contributed by atoms with E-state index in [0.717, 1.165) is 6.54 Å². The Kier molecular flexibility index (Phi) is 4.13. The molecule has 1 N–H and O–H groups in total. The molecule has 1 aliphatic heterocycles. The van der Waals surface area contributed by atoms with Gasteiger partial charge in [0.15, 0.2) is 0 Å². The molecular weight excluding hydrogens is 248 g/mol. The van der Waals surface area contributed by atoms with Crippen LogP contribution in [-0.4, -0.2) is 39.4 Å². The molecule has 2 heterocycles. The maximum Gasteiger partial charge on any atom is 0.0764 e. The summed E-state index contributed by atoms with van der Waals surface area (Å²) in [4.78, 5) is 2.74. The van der Waals surface area contributed by atoms with Crippen LogP contribution < -0.4 is 5.32 Å². The van der Waals surface area contributed by atoms with Crippen molar-refractivity contribution in [3.05, 3.63) is 18.0 Å². The monoisotopic (exact) mass is 276 g/mol. The van der Waals surface area contributed by atoms with Crippen LogP contribution >= 0.6 is 0 Å². The molecule has 0 bridgehead atoms. The van der Waals surface area contributed by atoms with Gasteiger partial charge in [0.05, 0.1) is 5.69 Å². The number of hydrogen-bond acceptors (Lipinski definition) is 3. The molecule has 1 aromatic rings. The quantitative estimate of drug-likeness (QED) is 0.919. The van der Waals surface area contributed by atoms with E-state index in [1.807, 2.05) is 11.7 Å². The molecule has 1 unspecified atom stereocenters. The van der Waals surface area contributed by atoms with Crippen molar-refractivity contribution in [2.24, 2.45) is 7.05 Å². The van der Waals surface area contributed by atoms with Gasteiger partial charge >= 0.3 is 0 Å². The summed E-state index contributed by atoms with van der Waals surface area (Å²) in [5.74, 6) is 0. The number of hydrogen-bond donors (Lipinski definition) is 1. The first kappa shape index (κ1) is 14.1. The van der Waals surface area contributed by atoms with E-state index in [-0.39, 0.29) is 0 Å². The molecule has 0 radical (unpaired) electrons. The van der Waals surface area contributed by atoms with Gasteiger partial charge in [-0.3, -0.25) is 9.58 Å². The number of piperazine rings is 1. The molecule has 2 aliphatic rings. The molecule has 2 fully saturated rings. The van der Waals surface area contributed by atoms with E-state index in [1.54, 1.807) is 0 Å². The SMILES string of the molecule is CCC1CN(Cc2ccn(C)n2)C2(CCCCC2)CN1. The lowest BCUT2D eigenvalue weighted by Gasteiger charge is -2.52. The van der Waals surface area contributed by atoms with Crippen LogP contribution in [0.1, 0.15) is 51.1 Å². The minimum absolute atomic E-state index is 0.390. The summed E-state index contributed by atoms with van der Waals surface area (Å²) in [6.45, 7) is 5.64. The topological polar surface area (TPSA) is 33.1 Å². The fourth-order valence-electron chi connectivity index (χ4n) is 3.92. The van der Waals surface area contributed by atoms with Gasteiger partial charge in [0.2, 0.25) is 0 Å². The van der Waals surface area contributed by atoms with Crippen LogP contribution in [0.4, 0.5) is 0 Å². The van der Waals surface area contributed by atoms with Crippen molar-refractivity contribution in [1.29, 1.82) is 0 Å². The average Bonchev–Trinajstić information content (AvgIpc) is 2.88. The fourth-order valence-corrected chi connectivity index (χ4v) is 3.92. The second-order valence-electron chi connectivity index (χ2n) is 6.63. The molecule has 4 nitrogen and oxygen atoms in total. The Morgan fingerprint density at radius 3 is 2.80 bits per heavy atom. The standard InChI is InChI=1S/C16H28N4/c1-3-14-11-20(12-15-7-10-19(2)18-15)16(13-17-14)8-5-4-6-9-16/h7,10,14,17H,3-6,8-9,11-13H2,1-2H3. The zero-order valence-electron chi connectivity index (χ0n) is 12.9. The third-order valence-corrected chi connectivity index (χ3v) is 5.23. The molecule has 4 heteroatoms. The van der Waals surface area contributed by atoms with E-state index in [9.17, 15) is 0 Å². The number of nitrogens with one attached hydrogen (secondary N) is 1. The van der Waals surface area contributed by atoms with Gasteiger partial charge in [-0.05, 0) is 25.3 Å². The van der Waals surface area contributed by atoms with E-state index in [0.29, 0.717) is 11.6 Å². The number of rotatable bonds is 3. The molecule has 112 valence electrons. The molecule has 20 heavy (non-hydrogen) atoms. The van der Waals surface area contributed by atoms with Crippen LogP contribution in [-0.2, 0) is 13.6 Å². The normalized spacial score (nSPS) is 27.0. The third-order valence-electron chi connectivity index (χ3n) is 5.23. The molecule has 3 rings (SSSR count). The Bertz CT molecular complexity index is 433. The zero-order valence-corrected chi connectivity index (χ0v) is 12.9. The zero-order chi connectivity index (χ0) is 14.0. The highest BCUT2D eigenvalue weighted by molar-refractivity contribution is 5.05. The summed E-state index contributed by atoms with van der Waals surface area (Å²) in [6, 6.07) is 2.81. The number of aryl methyl sites for hydroxylation is 1. The Morgan fingerprint density at radius 2 is 2.15 bits per heavy atom. The van der Waals surface area contributed by atoms with Crippen molar-refractivity contribution in [2.75, 3.05) is 13.1 Å². The van der Waals surface area contributed by atoms with Crippen molar-refractivity contribution in [2.45, 2.75) is 63.6 Å². The van der Waals surface area contributed by atoms with E-state index in [2.05, 4.69) is 34.5 Å². The summed E-state index contributed by atoms with van der Waals surface area (Å²) in [5, 5.41) is 8.37. The Morgan fingerprint density at radius 1 is 1.35 bits per heavy atom. The lowest BCUT2D eigenvalue weighted by atomic mass is 9.78. The first-order chi connectivity index (χ1) is 9.72. The summed E-state index contributed by atoms with van der Waals surface area (Å²) in [5.41, 5.74) is 1.61. The van der Waals surface area contributed by atoms with E-state index < -0.39 is 0 Å². The minimum Gasteiger partial charge on any atom is -0.311 e. The van der Waals surface area contributed by atoms with Crippen molar-refractivity contribution >= 4 is 0 Å². The number of aromatic nitrogens is 2. The Balaban J connectivity index is 1.77. The fraction of sp³-hybridized carbons (Fsp3) is 0.812. The van der Waals surface area contributed by atoms with Crippen LogP contribution in [0, 0.1) is 0 Å². The van der Waals surface area contributed by atoms with Gasteiger partial charge in [0.1, 0.15) is 0 Å². The molecule has 1 spiro atoms. The maximum absolute atomic E-state index is 4.59. The van der Waals surface area contributed by atoms with E-state index in [4.69, 9.17) is 0 Å². The van der Waals surface area contributed by atoms with Gasteiger partial charge in [-0.1, -0.05) is 26.2 Å². The van der Waals surface area contributed by atoms with Gasteiger partial charge in [0, 0.05) is 44.5 Å². The van der Waals surface area contributed by atoms with Crippen molar-refractivity contribution in [1.82, 2.24) is 20.0 Å². The lowest BCUT2D eigenvalue weighted by molar-refractivity contribution is 0.00178. The van der Waals surface area contributed by atoms with Gasteiger partial charge < -0.3 is 5.32 Å². The molecule has 1 atom stereocenters. The van der Waals surface area contributed by atoms with Crippen LogP contribution in [0.3, 0.4) is 0 Å². The second kappa shape index (κ2) is 5.86. The number of nitrogens with zero attached hydrogens (tertiary/aromatic N) is 3. The molecular formula is C16H28N4. The summed E-state index contributed by atoms with van der Waals surface area (Å²) in [6.07, 6.45) is 10.2. The van der Waals surface area contributed by atoms with Crippen molar-refractivity contribution in [3.8, 4) is 0 Å². The van der Waals surface area contributed by atoms with Crippen LogP contribution in [0.5, 0.6) is 0 Å². The molecule has 1 aliphatic carbocycles. The van der Waals surface area contributed by atoms with E-state index in [1.165, 1.54) is 57.3 Å². The highest BCUT2D eigenvalue weighted by Crippen LogP contribution is 2.36. The highest BCUT2D eigenvalue weighted by Gasteiger charge is 2.41. The molecule has 0 aromatic carbocycles. The molecule has 1 aromatic heterocycles. The highest BCUT2D eigenvalue weighted by atomic mass is 15.3.